The van der Waals surface area contributed by atoms with E-state index in [9.17, 15) is 13.6 Å². The number of aromatic nitrogens is 2. The van der Waals surface area contributed by atoms with Crippen LogP contribution in [0.5, 0.6) is 0 Å². The van der Waals surface area contributed by atoms with Crippen molar-refractivity contribution in [2.75, 3.05) is 31.7 Å². The van der Waals surface area contributed by atoms with Gasteiger partial charge in [0.1, 0.15) is 11.7 Å². The zero-order valence-corrected chi connectivity index (χ0v) is 19.1. The molecule has 1 saturated heterocycles. The Labute approximate surface area is 192 Å². The van der Waals surface area contributed by atoms with Gasteiger partial charge in [-0.3, -0.25) is 9.36 Å². The Hall–Kier alpha value is -3.35. The molecule has 2 rings (SSSR count). The molecule has 0 saturated carbocycles. The summed E-state index contributed by atoms with van der Waals surface area (Å²) >= 11 is 0. The van der Waals surface area contributed by atoms with Gasteiger partial charge in [-0.15, -0.1) is 0 Å². The van der Waals surface area contributed by atoms with Crippen molar-refractivity contribution < 1.29 is 13.5 Å². The van der Waals surface area contributed by atoms with Crippen LogP contribution in [0.15, 0.2) is 53.4 Å². The molecule has 0 aliphatic carbocycles. The molecule has 1 aliphatic heterocycles. The number of nitrogens with zero attached hydrogens (tertiary/aromatic N) is 4. The number of anilines is 1. The van der Waals surface area contributed by atoms with Crippen molar-refractivity contribution in [2.24, 2.45) is 12.8 Å². The lowest BCUT2D eigenvalue weighted by Gasteiger charge is -2.32. The number of methoxy groups -OCH3 is 1. The first kappa shape index (κ1) is 25.9. The smallest absolute Gasteiger partial charge is 0.263 e. The number of hydrogen-bond acceptors (Lipinski definition) is 6. The average molecular weight is 458 g/mol. The minimum absolute atomic E-state index is 0.0781. The number of piperidine rings is 1. The van der Waals surface area contributed by atoms with Crippen LogP contribution in [0, 0.1) is 11.3 Å². The molecule has 2 heterocycles. The highest BCUT2D eigenvalue weighted by Gasteiger charge is 2.24. The van der Waals surface area contributed by atoms with Gasteiger partial charge in [0.05, 0.1) is 30.0 Å². The summed E-state index contributed by atoms with van der Waals surface area (Å²) in [5, 5.41) is 8.76. The fourth-order valence-electron chi connectivity index (χ4n) is 3.57. The Morgan fingerprint density at radius 1 is 1.33 bits per heavy atom. The number of ether oxygens (including phenoxy) is 1. The van der Waals surface area contributed by atoms with Crippen LogP contribution in [0.3, 0.4) is 0 Å². The van der Waals surface area contributed by atoms with Crippen molar-refractivity contribution in [1.82, 2.24) is 9.55 Å². The molecule has 0 amide bonds. The number of rotatable bonds is 8. The van der Waals surface area contributed by atoms with E-state index in [1.165, 1.54) is 23.8 Å². The zero-order valence-electron chi connectivity index (χ0n) is 19.1. The zero-order chi connectivity index (χ0) is 24.5. The normalized spacial score (nSPS) is 16.7. The minimum atomic E-state index is -0.825. The van der Waals surface area contributed by atoms with E-state index in [2.05, 4.69) is 6.58 Å². The molecule has 2 N–H and O–H groups in total. The second kappa shape index (κ2) is 12.0. The molecule has 1 aliphatic rings. The number of halogens is 2. The largest absolute Gasteiger partial charge is 0.378 e. The van der Waals surface area contributed by atoms with Crippen LogP contribution in [0.25, 0.3) is 11.1 Å². The Morgan fingerprint density at radius 3 is 2.55 bits per heavy atom. The van der Waals surface area contributed by atoms with Gasteiger partial charge < -0.3 is 15.4 Å². The average Bonchev–Trinajstić information content (AvgIpc) is 2.79. The third-order valence-corrected chi connectivity index (χ3v) is 5.27. The molecule has 0 radical (unpaired) electrons. The summed E-state index contributed by atoms with van der Waals surface area (Å²) in [6.07, 6.45) is 7.37. The van der Waals surface area contributed by atoms with Gasteiger partial charge in [-0.05, 0) is 37.5 Å². The van der Waals surface area contributed by atoms with E-state index in [-0.39, 0.29) is 35.1 Å². The molecule has 1 aromatic rings. The summed E-state index contributed by atoms with van der Waals surface area (Å²) in [6.45, 7) is 6.32. The molecule has 1 aromatic heterocycles. The maximum Gasteiger partial charge on any atom is 0.263 e. The summed E-state index contributed by atoms with van der Waals surface area (Å²) in [5.41, 5.74) is 6.23. The van der Waals surface area contributed by atoms with Crippen molar-refractivity contribution >= 4 is 17.1 Å². The number of hydrogen-bond donors (Lipinski definition) is 1. The van der Waals surface area contributed by atoms with Crippen molar-refractivity contribution in [3.05, 3.63) is 70.2 Å². The van der Waals surface area contributed by atoms with Gasteiger partial charge in [0.15, 0.2) is 0 Å². The van der Waals surface area contributed by atoms with Crippen LogP contribution in [0.2, 0.25) is 0 Å². The summed E-state index contributed by atoms with van der Waals surface area (Å²) in [4.78, 5) is 20.2. The van der Waals surface area contributed by atoms with E-state index in [0.29, 0.717) is 19.0 Å². The second-order valence-electron chi connectivity index (χ2n) is 7.55. The second-order valence-corrected chi connectivity index (χ2v) is 7.55. The summed E-state index contributed by atoms with van der Waals surface area (Å²) in [6, 6.07) is 1.70. The minimum Gasteiger partial charge on any atom is -0.378 e. The highest BCUT2D eigenvalue weighted by atomic mass is 19.1. The fourth-order valence-corrected chi connectivity index (χ4v) is 3.57. The summed E-state index contributed by atoms with van der Waals surface area (Å²) in [5.74, 6) is -1.03. The highest BCUT2D eigenvalue weighted by molar-refractivity contribution is 5.86. The van der Waals surface area contributed by atoms with Gasteiger partial charge in [-0.1, -0.05) is 18.7 Å². The Balaban J connectivity index is 2.82. The van der Waals surface area contributed by atoms with Crippen molar-refractivity contribution in [1.29, 1.82) is 5.26 Å². The number of allylic oxidation sites excluding steroid dienone is 8. The quantitative estimate of drug-likeness (QED) is 0.474. The van der Waals surface area contributed by atoms with Gasteiger partial charge in [0.2, 0.25) is 5.95 Å². The van der Waals surface area contributed by atoms with Gasteiger partial charge in [-0.25, -0.2) is 13.8 Å². The third kappa shape index (κ3) is 6.34. The Bertz CT molecular complexity index is 1100. The number of nitrogens with two attached hydrogens (primary N) is 1. The predicted octanol–water partition coefficient (Wildman–Crippen LogP) is 3.56. The topological polar surface area (TPSA) is 97.2 Å². The van der Waals surface area contributed by atoms with Crippen molar-refractivity contribution in [3.8, 4) is 6.07 Å². The first-order valence-corrected chi connectivity index (χ1v) is 10.5. The molecule has 7 nitrogen and oxygen atoms in total. The Morgan fingerprint density at radius 2 is 2.00 bits per heavy atom. The van der Waals surface area contributed by atoms with Crippen LogP contribution in [0.1, 0.15) is 31.0 Å². The van der Waals surface area contributed by atoms with Crippen LogP contribution in [-0.2, 0) is 11.8 Å². The van der Waals surface area contributed by atoms with Crippen LogP contribution in [-0.4, -0.2) is 42.4 Å². The fraction of sp³-hybridized carbons (Fsp3) is 0.375. The van der Waals surface area contributed by atoms with Gasteiger partial charge in [0.25, 0.3) is 5.56 Å². The molecule has 1 fully saturated rings. The summed E-state index contributed by atoms with van der Waals surface area (Å²) in [7, 11) is 2.94. The lowest BCUT2D eigenvalue weighted by Crippen LogP contribution is -2.43. The predicted molar refractivity (Wildman–Crippen MR) is 127 cm³/mol. The first-order chi connectivity index (χ1) is 15.8. The first-order valence-electron chi connectivity index (χ1n) is 10.5. The number of nitriles is 1. The highest BCUT2D eigenvalue weighted by Crippen LogP contribution is 2.28. The van der Waals surface area contributed by atoms with E-state index < -0.39 is 17.2 Å². The molecule has 0 spiro atoms. The van der Waals surface area contributed by atoms with Crippen molar-refractivity contribution in [3.63, 3.8) is 0 Å². The standard InChI is InChI=1S/C24H29F2N5O2/c1-5-16(13-19(26)15-33-4)21-22(17(6-2)14-18(25)7-10-27)29-24(30(3)23(21)32)31-11-8-20(28)9-12-31/h5-7,13-14,20H,2,8-9,11-12,15,28H2,1,3-4H3/b16-5+,17-14+,18-7+,19-13+. The SMILES string of the molecule is C=C/C(=C\C(F)=C/C#N)c1nc(N2CCC(N)CC2)n(C)c(=O)c1C(/C=C(/F)COC)=C/C. The van der Waals surface area contributed by atoms with E-state index in [4.69, 9.17) is 20.7 Å². The van der Waals surface area contributed by atoms with Gasteiger partial charge in [-0.2, -0.15) is 5.26 Å². The van der Waals surface area contributed by atoms with Crippen LogP contribution < -0.4 is 16.2 Å². The molecular formula is C24H29F2N5O2. The van der Waals surface area contributed by atoms with Gasteiger partial charge in [0, 0.05) is 38.9 Å². The molecule has 0 bridgehead atoms. The van der Waals surface area contributed by atoms with E-state index in [1.54, 1.807) is 26.1 Å². The molecular weight excluding hydrogens is 428 g/mol. The summed E-state index contributed by atoms with van der Waals surface area (Å²) < 4.78 is 34.7. The maximum atomic E-state index is 14.3. The van der Waals surface area contributed by atoms with Crippen molar-refractivity contribution in [2.45, 2.75) is 25.8 Å². The van der Waals surface area contributed by atoms with E-state index in [1.807, 2.05) is 4.90 Å². The maximum absolute atomic E-state index is 14.3. The monoisotopic (exact) mass is 457 g/mol. The van der Waals surface area contributed by atoms with Crippen LogP contribution >= 0.6 is 0 Å². The molecule has 9 heteroatoms. The molecule has 0 unspecified atom stereocenters. The molecule has 0 aromatic carbocycles. The lowest BCUT2D eigenvalue weighted by atomic mass is 9.98. The van der Waals surface area contributed by atoms with Crippen LogP contribution in [0.4, 0.5) is 14.7 Å². The van der Waals surface area contributed by atoms with E-state index >= 15 is 0 Å². The third-order valence-electron chi connectivity index (χ3n) is 5.27. The Kier molecular flexibility index (Phi) is 9.45. The molecule has 176 valence electrons. The lowest BCUT2D eigenvalue weighted by molar-refractivity contribution is 0.206. The van der Waals surface area contributed by atoms with E-state index in [0.717, 1.165) is 25.0 Å². The van der Waals surface area contributed by atoms with Gasteiger partial charge >= 0.3 is 0 Å². The molecule has 33 heavy (non-hydrogen) atoms. The molecule has 0 atom stereocenters.